The SMILES string of the molecule is CN1CCN(C)C(CNc2ccnc(C#N)c2)C1. The van der Waals surface area contributed by atoms with Crippen molar-refractivity contribution < 1.29 is 0 Å². The summed E-state index contributed by atoms with van der Waals surface area (Å²) in [5.74, 6) is 0. The van der Waals surface area contributed by atoms with Crippen molar-refractivity contribution in [2.75, 3.05) is 45.6 Å². The highest BCUT2D eigenvalue weighted by molar-refractivity contribution is 5.45. The van der Waals surface area contributed by atoms with Crippen molar-refractivity contribution in [3.63, 3.8) is 0 Å². The molecule has 0 aromatic carbocycles. The van der Waals surface area contributed by atoms with Crippen LogP contribution in [0.5, 0.6) is 0 Å². The predicted octanol–water partition coefficient (Wildman–Crippen LogP) is 0.611. The number of hydrogen-bond donors (Lipinski definition) is 1. The monoisotopic (exact) mass is 245 g/mol. The van der Waals surface area contributed by atoms with E-state index < -0.39 is 0 Å². The van der Waals surface area contributed by atoms with Crippen molar-refractivity contribution in [1.29, 1.82) is 5.26 Å². The van der Waals surface area contributed by atoms with Gasteiger partial charge < -0.3 is 10.2 Å². The number of anilines is 1. The van der Waals surface area contributed by atoms with Crippen molar-refractivity contribution in [3.8, 4) is 6.07 Å². The summed E-state index contributed by atoms with van der Waals surface area (Å²) in [7, 11) is 4.31. The topological polar surface area (TPSA) is 55.2 Å². The van der Waals surface area contributed by atoms with Crippen LogP contribution in [-0.4, -0.2) is 61.1 Å². The number of nitrogens with zero attached hydrogens (tertiary/aromatic N) is 4. The van der Waals surface area contributed by atoms with Crippen LogP contribution in [0, 0.1) is 11.3 Å². The Hall–Kier alpha value is -1.64. The second-order valence-corrected chi connectivity index (χ2v) is 4.82. The summed E-state index contributed by atoms with van der Waals surface area (Å²) in [5, 5.41) is 12.2. The number of nitriles is 1. The van der Waals surface area contributed by atoms with Crippen LogP contribution in [0.1, 0.15) is 5.69 Å². The van der Waals surface area contributed by atoms with E-state index in [2.05, 4.69) is 40.3 Å². The molecule has 96 valence electrons. The Balaban J connectivity index is 1.92. The number of rotatable bonds is 3. The molecule has 1 fully saturated rings. The van der Waals surface area contributed by atoms with E-state index in [0.717, 1.165) is 31.9 Å². The molecule has 0 aliphatic carbocycles. The van der Waals surface area contributed by atoms with Crippen LogP contribution in [0.3, 0.4) is 0 Å². The molecular formula is C13H19N5. The van der Waals surface area contributed by atoms with E-state index in [1.54, 1.807) is 12.3 Å². The highest BCUT2D eigenvalue weighted by atomic mass is 15.3. The summed E-state index contributed by atoms with van der Waals surface area (Å²) in [4.78, 5) is 8.68. The van der Waals surface area contributed by atoms with E-state index >= 15 is 0 Å². The van der Waals surface area contributed by atoms with Gasteiger partial charge in [0.05, 0.1) is 0 Å². The average Bonchev–Trinajstić information content (AvgIpc) is 2.40. The van der Waals surface area contributed by atoms with Crippen LogP contribution in [0.15, 0.2) is 18.3 Å². The van der Waals surface area contributed by atoms with E-state index in [1.165, 1.54) is 0 Å². The van der Waals surface area contributed by atoms with Gasteiger partial charge >= 0.3 is 0 Å². The van der Waals surface area contributed by atoms with Gasteiger partial charge in [0.25, 0.3) is 0 Å². The normalized spacial score (nSPS) is 21.5. The number of likely N-dealkylation sites (N-methyl/N-ethyl adjacent to an activating group) is 2. The number of pyridine rings is 1. The molecule has 0 spiro atoms. The number of hydrogen-bond acceptors (Lipinski definition) is 5. The third-order valence-electron chi connectivity index (χ3n) is 3.40. The zero-order chi connectivity index (χ0) is 13.0. The fourth-order valence-electron chi connectivity index (χ4n) is 2.16. The van der Waals surface area contributed by atoms with Crippen molar-refractivity contribution in [1.82, 2.24) is 14.8 Å². The first-order chi connectivity index (χ1) is 8.69. The largest absolute Gasteiger partial charge is 0.383 e. The first-order valence-electron chi connectivity index (χ1n) is 6.18. The Kier molecular flexibility index (Phi) is 4.13. The van der Waals surface area contributed by atoms with Crippen LogP contribution in [0.25, 0.3) is 0 Å². The molecule has 1 aromatic rings. The van der Waals surface area contributed by atoms with Gasteiger partial charge in [-0.1, -0.05) is 0 Å². The van der Waals surface area contributed by atoms with Gasteiger partial charge in [0.1, 0.15) is 11.8 Å². The summed E-state index contributed by atoms with van der Waals surface area (Å²) < 4.78 is 0. The lowest BCUT2D eigenvalue weighted by molar-refractivity contribution is 0.122. The van der Waals surface area contributed by atoms with Gasteiger partial charge in [-0.25, -0.2) is 4.98 Å². The molecule has 1 N–H and O–H groups in total. The van der Waals surface area contributed by atoms with Crippen molar-refractivity contribution in [2.45, 2.75) is 6.04 Å². The molecule has 0 saturated carbocycles. The second-order valence-electron chi connectivity index (χ2n) is 4.82. The molecule has 1 saturated heterocycles. The Bertz CT molecular complexity index is 439. The summed E-state index contributed by atoms with van der Waals surface area (Å²) >= 11 is 0. The highest BCUT2D eigenvalue weighted by Crippen LogP contribution is 2.10. The molecule has 2 heterocycles. The number of nitrogens with one attached hydrogen (secondary N) is 1. The Morgan fingerprint density at radius 3 is 3.11 bits per heavy atom. The van der Waals surface area contributed by atoms with E-state index in [0.29, 0.717) is 11.7 Å². The average molecular weight is 245 g/mol. The molecular weight excluding hydrogens is 226 g/mol. The molecule has 0 amide bonds. The molecule has 5 nitrogen and oxygen atoms in total. The zero-order valence-electron chi connectivity index (χ0n) is 10.9. The molecule has 2 rings (SSSR count). The van der Waals surface area contributed by atoms with Gasteiger partial charge in [-0.3, -0.25) is 4.90 Å². The maximum atomic E-state index is 8.80. The molecule has 1 unspecified atom stereocenters. The van der Waals surface area contributed by atoms with Gasteiger partial charge in [-0.15, -0.1) is 0 Å². The molecule has 1 atom stereocenters. The maximum Gasteiger partial charge on any atom is 0.142 e. The smallest absolute Gasteiger partial charge is 0.142 e. The fraction of sp³-hybridized carbons (Fsp3) is 0.538. The lowest BCUT2D eigenvalue weighted by Gasteiger charge is -2.37. The first-order valence-corrected chi connectivity index (χ1v) is 6.18. The summed E-state index contributed by atoms with van der Waals surface area (Å²) in [6, 6.07) is 6.23. The van der Waals surface area contributed by atoms with Crippen molar-refractivity contribution in [3.05, 3.63) is 24.0 Å². The van der Waals surface area contributed by atoms with E-state index in [1.807, 2.05) is 6.07 Å². The van der Waals surface area contributed by atoms with Gasteiger partial charge in [0.15, 0.2) is 0 Å². The van der Waals surface area contributed by atoms with Crippen LogP contribution in [0.2, 0.25) is 0 Å². The summed E-state index contributed by atoms with van der Waals surface area (Å²) in [6.45, 7) is 4.18. The summed E-state index contributed by atoms with van der Waals surface area (Å²) in [6.07, 6.45) is 1.66. The molecule has 0 bridgehead atoms. The number of piperazine rings is 1. The van der Waals surface area contributed by atoms with Gasteiger partial charge in [-0.2, -0.15) is 5.26 Å². The molecule has 1 aromatic heterocycles. The highest BCUT2D eigenvalue weighted by Gasteiger charge is 2.21. The standard InChI is InChI=1S/C13H19N5/c1-17-5-6-18(2)13(10-17)9-16-11-3-4-15-12(7-11)8-14/h3-4,7,13H,5-6,9-10H2,1-2H3,(H,15,16). The van der Waals surface area contributed by atoms with Crippen LogP contribution in [0.4, 0.5) is 5.69 Å². The molecule has 1 aliphatic heterocycles. The van der Waals surface area contributed by atoms with Gasteiger partial charge in [0.2, 0.25) is 0 Å². The van der Waals surface area contributed by atoms with E-state index in [-0.39, 0.29) is 0 Å². The predicted molar refractivity (Wildman–Crippen MR) is 71.4 cm³/mol. The van der Waals surface area contributed by atoms with Gasteiger partial charge in [0, 0.05) is 44.1 Å². The molecule has 5 heteroatoms. The quantitative estimate of drug-likeness (QED) is 0.845. The van der Waals surface area contributed by atoms with Crippen LogP contribution >= 0.6 is 0 Å². The lowest BCUT2D eigenvalue weighted by Crippen LogP contribution is -2.52. The van der Waals surface area contributed by atoms with Crippen molar-refractivity contribution in [2.24, 2.45) is 0 Å². The molecule has 0 radical (unpaired) electrons. The minimum absolute atomic E-state index is 0.453. The minimum Gasteiger partial charge on any atom is -0.383 e. The van der Waals surface area contributed by atoms with Crippen LogP contribution < -0.4 is 5.32 Å². The Labute approximate surface area is 108 Å². The Morgan fingerprint density at radius 1 is 1.50 bits per heavy atom. The maximum absolute atomic E-state index is 8.80. The second kappa shape index (κ2) is 5.80. The fourth-order valence-corrected chi connectivity index (χ4v) is 2.16. The van der Waals surface area contributed by atoms with E-state index in [4.69, 9.17) is 5.26 Å². The first kappa shape index (κ1) is 12.8. The third-order valence-corrected chi connectivity index (χ3v) is 3.40. The van der Waals surface area contributed by atoms with E-state index in [9.17, 15) is 0 Å². The van der Waals surface area contributed by atoms with Crippen LogP contribution in [-0.2, 0) is 0 Å². The number of aromatic nitrogens is 1. The minimum atomic E-state index is 0.453. The molecule has 18 heavy (non-hydrogen) atoms. The Morgan fingerprint density at radius 2 is 2.33 bits per heavy atom. The zero-order valence-corrected chi connectivity index (χ0v) is 10.9. The van der Waals surface area contributed by atoms with Gasteiger partial charge in [-0.05, 0) is 26.2 Å². The third kappa shape index (κ3) is 3.19. The lowest BCUT2D eigenvalue weighted by atomic mass is 10.2. The molecule has 1 aliphatic rings. The summed E-state index contributed by atoms with van der Waals surface area (Å²) in [5.41, 5.74) is 1.41. The van der Waals surface area contributed by atoms with Crippen molar-refractivity contribution >= 4 is 5.69 Å².